The lowest BCUT2D eigenvalue weighted by molar-refractivity contribution is -0.107. The van der Waals surface area contributed by atoms with Crippen molar-refractivity contribution < 1.29 is 4.74 Å². The summed E-state index contributed by atoms with van der Waals surface area (Å²) in [4.78, 5) is 6.88. The van der Waals surface area contributed by atoms with Crippen molar-refractivity contribution in [2.45, 2.75) is 45.9 Å². The molecule has 1 aromatic rings. The summed E-state index contributed by atoms with van der Waals surface area (Å²) in [6.07, 6.45) is 3.46. The lowest BCUT2D eigenvalue weighted by atomic mass is 9.57. The molecule has 1 N–H and O–H groups in total. The zero-order valence-electron chi connectivity index (χ0n) is 15.8. The molecular formula is C18H30ClIN4O. The monoisotopic (exact) mass is 480 g/mol. The van der Waals surface area contributed by atoms with Gasteiger partial charge >= 0.3 is 0 Å². The first-order valence-electron chi connectivity index (χ1n) is 8.79. The average molecular weight is 481 g/mol. The summed E-state index contributed by atoms with van der Waals surface area (Å²) >= 11 is 6.10. The normalized spacial score (nSPS) is 27.3. The van der Waals surface area contributed by atoms with Crippen LogP contribution in [0.3, 0.4) is 0 Å². The number of ether oxygens (including phenoxy) is 1. The number of hydrogen-bond donors (Lipinski definition) is 1. The number of hydrogen-bond acceptors (Lipinski definition) is 2. The molecule has 3 unspecified atom stereocenters. The molecular weight excluding hydrogens is 451 g/mol. The first-order valence-corrected chi connectivity index (χ1v) is 9.16. The molecule has 1 saturated heterocycles. The minimum atomic E-state index is 0. The quantitative estimate of drug-likeness (QED) is 0.407. The van der Waals surface area contributed by atoms with Gasteiger partial charge in [0.25, 0.3) is 0 Å². The van der Waals surface area contributed by atoms with Gasteiger partial charge in [0.15, 0.2) is 5.96 Å². The highest BCUT2D eigenvalue weighted by Gasteiger charge is 2.59. The average Bonchev–Trinajstić information content (AvgIpc) is 3.08. The first-order chi connectivity index (χ1) is 11.3. The fraction of sp³-hybridized carbons (Fsp3) is 0.722. The summed E-state index contributed by atoms with van der Waals surface area (Å²) < 4.78 is 7.97. The Hall–Kier alpha value is -0.470. The van der Waals surface area contributed by atoms with Gasteiger partial charge < -0.3 is 19.5 Å². The standard InChI is InChI=1S/C18H29ClN4O.HI/c1-6-20-17(23(5)11-13-9-12(19)10-22(13)4)21-15-14-7-8-24-16(14)18(15,2)3;/h9-10,14-16H,6-8,11H2,1-5H3,(H,20,21);1H. The molecule has 1 saturated carbocycles. The molecule has 0 amide bonds. The maximum absolute atomic E-state index is 6.10. The van der Waals surface area contributed by atoms with Crippen LogP contribution in [0.1, 0.15) is 32.9 Å². The van der Waals surface area contributed by atoms with Crippen LogP contribution in [0.5, 0.6) is 0 Å². The van der Waals surface area contributed by atoms with Gasteiger partial charge in [-0.05, 0) is 19.4 Å². The highest BCUT2D eigenvalue weighted by molar-refractivity contribution is 14.0. The predicted molar refractivity (Wildman–Crippen MR) is 114 cm³/mol. The van der Waals surface area contributed by atoms with Crippen LogP contribution in [0.25, 0.3) is 0 Å². The van der Waals surface area contributed by atoms with Gasteiger partial charge in [-0.15, -0.1) is 24.0 Å². The predicted octanol–water partition coefficient (Wildman–Crippen LogP) is 3.51. The van der Waals surface area contributed by atoms with Gasteiger partial charge in [0, 0.05) is 56.5 Å². The second-order valence-electron chi connectivity index (χ2n) is 7.60. The van der Waals surface area contributed by atoms with E-state index >= 15 is 0 Å². The van der Waals surface area contributed by atoms with E-state index < -0.39 is 0 Å². The van der Waals surface area contributed by atoms with Crippen LogP contribution in [0.4, 0.5) is 0 Å². The summed E-state index contributed by atoms with van der Waals surface area (Å²) in [5, 5.41) is 4.49. The molecule has 1 aliphatic heterocycles. The third-order valence-corrected chi connectivity index (χ3v) is 5.73. The Morgan fingerprint density at radius 3 is 2.84 bits per heavy atom. The van der Waals surface area contributed by atoms with Crippen LogP contribution in [-0.4, -0.2) is 47.8 Å². The van der Waals surface area contributed by atoms with Crippen molar-refractivity contribution in [3.05, 3.63) is 23.0 Å². The Morgan fingerprint density at radius 1 is 1.52 bits per heavy atom. The SMILES string of the molecule is CCN=C(NC1C2CCOC2C1(C)C)N(C)Cc1cc(Cl)cn1C.I. The lowest BCUT2D eigenvalue weighted by Crippen LogP contribution is -2.67. The number of nitrogens with zero attached hydrogens (tertiary/aromatic N) is 3. The minimum absolute atomic E-state index is 0. The van der Waals surface area contributed by atoms with Crippen LogP contribution in [-0.2, 0) is 18.3 Å². The second-order valence-corrected chi connectivity index (χ2v) is 8.04. The first kappa shape index (κ1) is 20.8. The van der Waals surface area contributed by atoms with E-state index in [9.17, 15) is 0 Å². The summed E-state index contributed by atoms with van der Waals surface area (Å²) in [5.74, 6) is 1.55. The number of nitrogens with one attached hydrogen (secondary N) is 1. The molecule has 1 aromatic heterocycles. The van der Waals surface area contributed by atoms with E-state index in [2.05, 4.69) is 42.6 Å². The van der Waals surface area contributed by atoms with E-state index in [-0.39, 0.29) is 29.4 Å². The molecule has 142 valence electrons. The van der Waals surface area contributed by atoms with E-state index in [1.807, 2.05) is 19.3 Å². The largest absolute Gasteiger partial charge is 0.377 e. The molecule has 0 aromatic carbocycles. The Kier molecular flexibility index (Phi) is 6.71. The fourth-order valence-corrected chi connectivity index (χ4v) is 4.50. The molecule has 0 radical (unpaired) electrons. The third kappa shape index (κ3) is 3.95. The van der Waals surface area contributed by atoms with Gasteiger partial charge in [-0.1, -0.05) is 25.4 Å². The van der Waals surface area contributed by atoms with Crippen molar-refractivity contribution in [3.8, 4) is 0 Å². The van der Waals surface area contributed by atoms with Gasteiger partial charge in [-0.25, -0.2) is 0 Å². The zero-order chi connectivity index (χ0) is 17.5. The molecule has 2 heterocycles. The van der Waals surface area contributed by atoms with E-state index in [1.165, 1.54) is 5.69 Å². The fourth-order valence-electron chi connectivity index (χ4n) is 4.22. The summed E-state index contributed by atoms with van der Waals surface area (Å²) in [6.45, 7) is 9.07. The Morgan fingerprint density at radius 2 is 2.24 bits per heavy atom. The maximum atomic E-state index is 6.10. The highest BCUT2D eigenvalue weighted by atomic mass is 127. The lowest BCUT2D eigenvalue weighted by Gasteiger charge is -2.55. The van der Waals surface area contributed by atoms with E-state index in [0.717, 1.165) is 37.1 Å². The van der Waals surface area contributed by atoms with Gasteiger partial charge in [-0.2, -0.15) is 0 Å². The highest BCUT2D eigenvalue weighted by Crippen LogP contribution is 2.52. The molecule has 0 bridgehead atoms. The van der Waals surface area contributed by atoms with Crippen molar-refractivity contribution in [1.82, 2.24) is 14.8 Å². The minimum Gasteiger partial charge on any atom is -0.377 e. The maximum Gasteiger partial charge on any atom is 0.194 e. The number of rotatable bonds is 4. The third-order valence-electron chi connectivity index (χ3n) is 5.53. The molecule has 1 aliphatic carbocycles. The van der Waals surface area contributed by atoms with Gasteiger partial charge in [0.2, 0.25) is 0 Å². The Bertz CT molecular complexity index is 631. The second kappa shape index (κ2) is 8.05. The van der Waals surface area contributed by atoms with Crippen LogP contribution < -0.4 is 5.32 Å². The Balaban J connectivity index is 0.00000225. The zero-order valence-corrected chi connectivity index (χ0v) is 18.8. The van der Waals surface area contributed by atoms with Gasteiger partial charge in [0.05, 0.1) is 17.7 Å². The topological polar surface area (TPSA) is 41.8 Å². The number of aliphatic imine (C=N–C) groups is 1. The molecule has 2 aliphatic rings. The van der Waals surface area contributed by atoms with Crippen molar-refractivity contribution in [3.63, 3.8) is 0 Å². The van der Waals surface area contributed by atoms with Crippen LogP contribution in [0, 0.1) is 11.3 Å². The molecule has 2 fully saturated rings. The summed E-state index contributed by atoms with van der Waals surface area (Å²) in [5.41, 5.74) is 1.31. The van der Waals surface area contributed by atoms with E-state index in [4.69, 9.17) is 21.3 Å². The van der Waals surface area contributed by atoms with Gasteiger partial charge in [0.1, 0.15) is 0 Å². The Labute approximate surface area is 173 Å². The van der Waals surface area contributed by atoms with Gasteiger partial charge in [-0.3, -0.25) is 4.99 Å². The summed E-state index contributed by atoms with van der Waals surface area (Å²) in [7, 11) is 4.10. The molecule has 7 heteroatoms. The number of aromatic nitrogens is 1. The number of aryl methyl sites for hydroxylation is 1. The number of guanidine groups is 1. The molecule has 3 atom stereocenters. The molecule has 5 nitrogen and oxygen atoms in total. The molecule has 3 rings (SSSR count). The van der Waals surface area contributed by atoms with E-state index in [1.54, 1.807) is 0 Å². The van der Waals surface area contributed by atoms with Crippen molar-refractivity contribution >= 4 is 41.5 Å². The molecule has 0 spiro atoms. The molecule has 25 heavy (non-hydrogen) atoms. The summed E-state index contributed by atoms with van der Waals surface area (Å²) in [6, 6.07) is 2.42. The van der Waals surface area contributed by atoms with Crippen molar-refractivity contribution in [1.29, 1.82) is 0 Å². The number of halogens is 2. The smallest absolute Gasteiger partial charge is 0.194 e. The van der Waals surface area contributed by atoms with Crippen molar-refractivity contribution in [2.24, 2.45) is 23.4 Å². The van der Waals surface area contributed by atoms with Crippen LogP contribution in [0.2, 0.25) is 5.02 Å². The van der Waals surface area contributed by atoms with Crippen LogP contribution in [0.15, 0.2) is 17.3 Å². The van der Waals surface area contributed by atoms with Crippen LogP contribution >= 0.6 is 35.6 Å². The van der Waals surface area contributed by atoms with Crippen molar-refractivity contribution in [2.75, 3.05) is 20.2 Å². The van der Waals surface area contributed by atoms with E-state index in [0.29, 0.717) is 18.1 Å². The number of fused-ring (bicyclic) bond motifs is 1.